The summed E-state index contributed by atoms with van der Waals surface area (Å²) in [5.41, 5.74) is 2.08. The number of carbonyl (C=O) groups is 1. The molecule has 0 aromatic heterocycles. The summed E-state index contributed by atoms with van der Waals surface area (Å²) < 4.78 is 103. The lowest BCUT2D eigenvalue weighted by Crippen LogP contribution is -2.62. The van der Waals surface area contributed by atoms with Crippen LogP contribution in [0.2, 0.25) is 0 Å². The number of aliphatic hydroxyl groups excluding tert-OH is 3. The summed E-state index contributed by atoms with van der Waals surface area (Å²) in [6.07, 6.45) is -0.945. The minimum atomic E-state index is -1.55. The maximum absolute atomic E-state index is 14.6. The molecule has 32 atom stereocenters. The van der Waals surface area contributed by atoms with Crippen molar-refractivity contribution in [3.05, 3.63) is 24.3 Å². The topological polar surface area (TPSA) is 236 Å². The zero-order valence-corrected chi connectivity index (χ0v) is 46.8. The zero-order chi connectivity index (χ0) is 54.9. The highest BCUT2D eigenvalue weighted by atomic mass is 16.8. The van der Waals surface area contributed by atoms with Gasteiger partial charge in [0.25, 0.3) is 0 Å². The summed E-state index contributed by atoms with van der Waals surface area (Å²) in [4.78, 5) is 14.6. The number of rotatable bonds is 4. The van der Waals surface area contributed by atoms with E-state index >= 15 is 0 Å². The van der Waals surface area contributed by atoms with Gasteiger partial charge in [0.05, 0.1) is 129 Å². The van der Waals surface area contributed by atoms with Gasteiger partial charge in [-0.15, -0.1) is 0 Å². The molecule has 0 radical (unpaired) electrons. The van der Waals surface area contributed by atoms with Gasteiger partial charge < -0.3 is 91.5 Å². The minimum absolute atomic E-state index is 0.0152. The Hall–Kier alpha value is -1.77. The smallest absolute Gasteiger partial charge is 0.308 e. The third-order valence-electron chi connectivity index (χ3n) is 22.0. The largest absolute Gasteiger partial charge is 0.459 e. The van der Waals surface area contributed by atoms with Gasteiger partial charge in [-0.2, -0.15) is 0 Å². The first-order valence-corrected chi connectivity index (χ1v) is 30.9. The fraction of sp³-hybridized carbons (Fsp3) is 0.917. The lowest BCUT2D eigenvalue weighted by atomic mass is 9.79. The maximum Gasteiger partial charge on any atom is 0.308 e. The van der Waals surface area contributed by atoms with E-state index in [1.807, 2.05) is 0 Å². The number of hydrogen-bond acceptors (Lipinski definition) is 20. The van der Waals surface area contributed by atoms with Gasteiger partial charge in [0, 0.05) is 63.7 Å². The number of esters is 1. The monoisotopic (exact) mass is 1130 g/mol. The normalized spacial score (nSPS) is 57.6. The van der Waals surface area contributed by atoms with Crippen molar-refractivity contribution in [3.8, 4) is 0 Å². The Balaban J connectivity index is 0.658. The fourth-order valence-corrected chi connectivity index (χ4v) is 18.2. The predicted octanol–water partition coefficient (Wildman–Crippen LogP) is 4.25. The Morgan fingerprint density at radius 3 is 2.09 bits per heavy atom. The second-order valence-electron chi connectivity index (χ2n) is 27.8. The summed E-state index contributed by atoms with van der Waals surface area (Å²) >= 11 is 0. The van der Waals surface area contributed by atoms with Gasteiger partial charge in [0.1, 0.15) is 36.6 Å². The van der Waals surface area contributed by atoms with Crippen LogP contribution in [-0.2, 0) is 75.8 Å². The van der Waals surface area contributed by atoms with E-state index < -0.39 is 103 Å². The third kappa shape index (κ3) is 9.31. The summed E-state index contributed by atoms with van der Waals surface area (Å²) in [6, 6.07) is 0. The number of ether oxygens (including phenoxy) is 15. The Bertz CT molecular complexity index is 2400. The molecule has 16 rings (SSSR count). The van der Waals surface area contributed by atoms with Crippen LogP contribution in [-0.4, -0.2) is 203 Å². The van der Waals surface area contributed by atoms with E-state index in [0.29, 0.717) is 70.6 Å². The Morgan fingerprint density at radius 2 is 1.25 bits per heavy atom. The lowest BCUT2D eigenvalue weighted by Gasteiger charge is -2.50. The van der Waals surface area contributed by atoms with Gasteiger partial charge in [-0.1, -0.05) is 40.9 Å². The average Bonchev–Trinajstić information content (AvgIpc) is 4.25. The van der Waals surface area contributed by atoms with Gasteiger partial charge in [-0.05, 0) is 73.8 Å². The van der Waals surface area contributed by atoms with E-state index in [-0.39, 0.29) is 122 Å². The molecule has 0 aliphatic carbocycles. The van der Waals surface area contributed by atoms with Crippen molar-refractivity contribution >= 4 is 5.97 Å². The zero-order valence-electron chi connectivity index (χ0n) is 46.8. The van der Waals surface area contributed by atoms with Crippen molar-refractivity contribution in [2.45, 2.75) is 313 Å². The van der Waals surface area contributed by atoms with E-state index in [0.717, 1.165) is 36.8 Å². The highest BCUT2D eigenvalue weighted by molar-refractivity contribution is 5.70. The van der Waals surface area contributed by atoms with Crippen LogP contribution >= 0.6 is 0 Å². The van der Waals surface area contributed by atoms with E-state index in [4.69, 9.17) is 71.1 Å². The van der Waals surface area contributed by atoms with Crippen LogP contribution in [0, 0.1) is 23.7 Å². The van der Waals surface area contributed by atoms with Gasteiger partial charge >= 0.3 is 5.97 Å². The minimum Gasteiger partial charge on any atom is -0.459 e. The predicted molar refractivity (Wildman–Crippen MR) is 275 cm³/mol. The molecule has 16 saturated heterocycles. The molecule has 16 aliphatic rings. The van der Waals surface area contributed by atoms with E-state index in [1.54, 1.807) is 0 Å². The molecule has 0 amide bonds. The van der Waals surface area contributed by atoms with Crippen molar-refractivity contribution in [2.24, 2.45) is 23.7 Å². The first-order chi connectivity index (χ1) is 38.3. The molecule has 446 valence electrons. The number of carbonyl (C=O) groups excluding carboxylic acids is 1. The summed E-state index contributed by atoms with van der Waals surface area (Å²) in [7, 11) is 0. The summed E-state index contributed by atoms with van der Waals surface area (Å²) in [5.74, 6) is -4.74. The molecule has 3 spiro atoms. The van der Waals surface area contributed by atoms with Gasteiger partial charge in [-0.3, -0.25) is 4.79 Å². The Morgan fingerprint density at radius 1 is 0.550 bits per heavy atom. The summed E-state index contributed by atoms with van der Waals surface area (Å²) in [6.45, 7) is 17.3. The molecule has 20 heteroatoms. The van der Waals surface area contributed by atoms with Crippen LogP contribution in [0.4, 0.5) is 0 Å². The van der Waals surface area contributed by atoms with Crippen LogP contribution < -0.4 is 0 Å². The molecule has 80 heavy (non-hydrogen) atoms. The molecule has 0 saturated carbocycles. The standard InChI is InChI=1S/C60H86O20/c1-26-13-33-7-9-37-27(2)14-35(66-37)11-12-57-25-60(65)56(80-57)55-54(79-60)53(78-57)52-38(70-55)10-8-34(68-52)16-47(64)73-51-31(6)50-43(69-42(51)17-39(67-33)30(26)5)19-41-45(72-50)22-59(74-41)23-46-49(77-59)29(4)21-58(76-46)20-28(3)48-44(75-58)18-40(71-48)36(63)15-32(62)24-61/h26,28-29,31-46,48-56,61-63,65H,2,5,7-25H2,1,3-4,6H3. The number of aliphatic hydroxyl groups is 4. The molecule has 0 aromatic carbocycles. The quantitative estimate of drug-likeness (QED) is 0.228. The van der Waals surface area contributed by atoms with E-state index in [9.17, 15) is 25.2 Å². The van der Waals surface area contributed by atoms with E-state index in [1.165, 1.54) is 0 Å². The van der Waals surface area contributed by atoms with Gasteiger partial charge in [0.15, 0.2) is 17.4 Å². The van der Waals surface area contributed by atoms with Crippen LogP contribution in [0.5, 0.6) is 0 Å². The summed E-state index contributed by atoms with van der Waals surface area (Å²) in [5, 5.41) is 42.3. The third-order valence-corrected chi connectivity index (χ3v) is 22.0. The maximum atomic E-state index is 14.6. The van der Waals surface area contributed by atoms with Crippen molar-refractivity contribution < 1.29 is 96.3 Å². The molecule has 16 fully saturated rings. The second kappa shape index (κ2) is 20.2. The number of fused-ring (bicyclic) bond motifs is 10. The molecular formula is C60H86O20. The number of hydrogen-bond donors (Lipinski definition) is 4. The Kier molecular flexibility index (Phi) is 13.8. The fourth-order valence-electron chi connectivity index (χ4n) is 18.2. The molecule has 12 bridgehead atoms. The molecule has 0 aromatic rings. The molecule has 32 unspecified atom stereocenters. The first kappa shape index (κ1) is 54.9. The van der Waals surface area contributed by atoms with Crippen molar-refractivity contribution in [1.29, 1.82) is 0 Å². The van der Waals surface area contributed by atoms with Crippen LogP contribution in [0.3, 0.4) is 0 Å². The average molecular weight is 1130 g/mol. The SMILES string of the molecule is C=C1CC2CCC34CC5(O)OC6C(O3)C3OC(CCC3OC6C5O4)CC(=O)OC3C(CC4OC(CCC1O2)CC(C)C4=C)OC1CC2OC4(CC2OC1C3C)CC1OC2(CC(C)C3OC(C(O)CC(O)CO)CC3O2)CC(C)C1O4. The molecule has 20 nitrogen and oxygen atoms in total. The Labute approximate surface area is 468 Å². The van der Waals surface area contributed by atoms with Crippen LogP contribution in [0.25, 0.3) is 0 Å². The molecular weight excluding hydrogens is 1040 g/mol. The van der Waals surface area contributed by atoms with Crippen molar-refractivity contribution in [1.82, 2.24) is 0 Å². The van der Waals surface area contributed by atoms with Crippen molar-refractivity contribution in [3.63, 3.8) is 0 Å². The van der Waals surface area contributed by atoms with Gasteiger partial charge in [-0.25, -0.2) is 0 Å². The van der Waals surface area contributed by atoms with E-state index in [2.05, 4.69) is 40.9 Å². The highest BCUT2D eigenvalue weighted by Crippen LogP contribution is 2.59. The van der Waals surface area contributed by atoms with Gasteiger partial charge in [0.2, 0.25) is 5.79 Å². The molecule has 4 N–H and O–H groups in total. The molecule has 16 aliphatic heterocycles. The van der Waals surface area contributed by atoms with Crippen LogP contribution in [0.1, 0.15) is 143 Å². The lowest BCUT2D eigenvalue weighted by molar-refractivity contribution is -0.347. The molecule has 16 heterocycles. The van der Waals surface area contributed by atoms with Crippen molar-refractivity contribution in [2.75, 3.05) is 6.61 Å². The highest BCUT2D eigenvalue weighted by Gasteiger charge is 2.75. The second-order valence-corrected chi connectivity index (χ2v) is 27.8. The first-order valence-electron chi connectivity index (χ1n) is 30.9. The van der Waals surface area contributed by atoms with Crippen LogP contribution in [0.15, 0.2) is 24.3 Å².